The number of hydrogen-bond acceptors (Lipinski definition) is 5. The van der Waals surface area contributed by atoms with E-state index in [1.54, 1.807) is 0 Å². The molecule has 0 aliphatic heterocycles. The second-order valence-corrected chi connectivity index (χ2v) is 2.49. The van der Waals surface area contributed by atoms with Crippen molar-refractivity contribution in [3.05, 3.63) is 0 Å². The Morgan fingerprint density at radius 3 is 2.64 bits per heavy atom. The molecule has 1 saturated carbocycles. The van der Waals surface area contributed by atoms with Crippen molar-refractivity contribution in [3.8, 4) is 0 Å². The van der Waals surface area contributed by atoms with E-state index in [0.29, 0.717) is 6.42 Å². The minimum Gasteiger partial charge on any atom is -0.481 e. The first-order valence-corrected chi connectivity index (χ1v) is 3.15. The maximum atomic E-state index is 10.2. The van der Waals surface area contributed by atoms with Crippen molar-refractivity contribution in [1.29, 1.82) is 0 Å². The van der Waals surface area contributed by atoms with Crippen LogP contribution >= 0.6 is 0 Å². The molecule has 0 heterocycles. The highest BCUT2D eigenvalue weighted by Gasteiger charge is 2.43. The molecule has 1 unspecified atom stereocenters. The molecule has 0 amide bonds. The summed E-state index contributed by atoms with van der Waals surface area (Å²) in [7, 11) is 0. The minimum absolute atomic E-state index is 0.0317. The fourth-order valence-electron chi connectivity index (χ4n) is 0.897. The topological polar surface area (TPSA) is 90.2 Å². The number of nitrogens with zero attached hydrogens (tertiary/aromatic N) is 1. The Bertz CT molecular complexity index is 159. The summed E-state index contributed by atoms with van der Waals surface area (Å²) in [5.41, 5.74) is 0. The Morgan fingerprint density at radius 1 is 1.64 bits per heavy atom. The highest BCUT2D eigenvalue weighted by atomic mass is 17.1. The number of carboxylic acids is 1. The van der Waals surface area contributed by atoms with Gasteiger partial charge in [-0.3, -0.25) is 20.0 Å². The van der Waals surface area contributed by atoms with Gasteiger partial charge in [-0.2, -0.15) is 0 Å². The molecule has 6 heteroatoms. The van der Waals surface area contributed by atoms with Crippen molar-refractivity contribution in [2.45, 2.75) is 6.42 Å². The first kappa shape index (κ1) is 8.41. The summed E-state index contributed by atoms with van der Waals surface area (Å²) in [6, 6.07) is 0. The molecule has 1 fully saturated rings. The molecule has 0 radical (unpaired) electrons. The van der Waals surface area contributed by atoms with Gasteiger partial charge in [0.2, 0.25) is 0 Å². The van der Waals surface area contributed by atoms with Crippen LogP contribution in [0.3, 0.4) is 0 Å². The van der Waals surface area contributed by atoms with E-state index in [-0.39, 0.29) is 18.4 Å². The van der Waals surface area contributed by atoms with Crippen molar-refractivity contribution < 1.29 is 25.2 Å². The molecule has 0 saturated heterocycles. The Kier molecular flexibility index (Phi) is 2.40. The monoisotopic (exact) mass is 163 g/mol. The lowest BCUT2D eigenvalue weighted by atomic mass is 10.3. The highest BCUT2D eigenvalue weighted by Crippen LogP contribution is 2.38. The van der Waals surface area contributed by atoms with Crippen molar-refractivity contribution >= 4 is 5.97 Å². The molecule has 3 N–H and O–H groups in total. The van der Waals surface area contributed by atoms with Gasteiger partial charge in [0.25, 0.3) is 0 Å². The third-order valence-electron chi connectivity index (χ3n) is 1.64. The van der Waals surface area contributed by atoms with E-state index in [1.165, 1.54) is 0 Å². The molecule has 6 nitrogen and oxygen atoms in total. The van der Waals surface area contributed by atoms with E-state index in [9.17, 15) is 4.79 Å². The highest BCUT2D eigenvalue weighted by molar-refractivity contribution is 5.73. The zero-order valence-corrected chi connectivity index (χ0v) is 5.67. The quantitative estimate of drug-likeness (QED) is 0.494. The predicted molar refractivity (Wildman–Crippen MR) is 30.6 cm³/mol. The van der Waals surface area contributed by atoms with Gasteiger partial charge in [-0.15, -0.1) is 0 Å². The lowest BCUT2D eigenvalue weighted by Gasteiger charge is -2.03. The van der Waals surface area contributed by atoms with Crippen molar-refractivity contribution in [3.63, 3.8) is 0 Å². The number of carboxylic acid groups (broad SMARTS) is 1. The van der Waals surface area contributed by atoms with Gasteiger partial charge in [0.05, 0.1) is 17.9 Å². The molecule has 0 bridgehead atoms. The minimum atomic E-state index is -0.860. The SMILES string of the molecule is O=C(O)C1C[C@@H]1CON(O)O. The summed E-state index contributed by atoms with van der Waals surface area (Å²) in [5, 5.41) is 24.1. The number of hydrogen-bond donors (Lipinski definition) is 3. The summed E-state index contributed by atoms with van der Waals surface area (Å²) < 4.78 is 0. The average molecular weight is 163 g/mol. The van der Waals surface area contributed by atoms with E-state index in [4.69, 9.17) is 15.5 Å². The van der Waals surface area contributed by atoms with Gasteiger partial charge in [0.15, 0.2) is 0 Å². The van der Waals surface area contributed by atoms with Crippen LogP contribution in [0.15, 0.2) is 0 Å². The zero-order chi connectivity index (χ0) is 8.43. The van der Waals surface area contributed by atoms with Crippen LogP contribution in [0.1, 0.15) is 6.42 Å². The van der Waals surface area contributed by atoms with Crippen LogP contribution in [0.2, 0.25) is 0 Å². The van der Waals surface area contributed by atoms with Crippen LogP contribution in [-0.2, 0) is 9.63 Å². The maximum Gasteiger partial charge on any atom is 0.306 e. The van der Waals surface area contributed by atoms with Gasteiger partial charge in [0, 0.05) is 0 Å². The van der Waals surface area contributed by atoms with Crippen molar-refractivity contribution in [2.24, 2.45) is 11.8 Å². The van der Waals surface area contributed by atoms with Crippen LogP contribution in [0.25, 0.3) is 0 Å². The van der Waals surface area contributed by atoms with Gasteiger partial charge < -0.3 is 5.11 Å². The molecule has 11 heavy (non-hydrogen) atoms. The Morgan fingerprint density at radius 2 is 2.27 bits per heavy atom. The molecule has 0 spiro atoms. The molecule has 1 rings (SSSR count). The average Bonchev–Trinajstić information content (AvgIpc) is 2.61. The second kappa shape index (κ2) is 3.14. The van der Waals surface area contributed by atoms with E-state index in [1.807, 2.05) is 0 Å². The van der Waals surface area contributed by atoms with E-state index in [2.05, 4.69) is 4.84 Å². The number of aliphatic carboxylic acids is 1. The maximum absolute atomic E-state index is 10.2. The number of carbonyl (C=O) groups is 1. The van der Waals surface area contributed by atoms with Crippen molar-refractivity contribution in [2.75, 3.05) is 6.61 Å². The van der Waals surface area contributed by atoms with E-state index >= 15 is 0 Å². The Labute approximate surface area is 62.5 Å². The fraction of sp³-hybridized carbons (Fsp3) is 0.800. The molecule has 0 aromatic rings. The van der Waals surface area contributed by atoms with Gasteiger partial charge in [-0.25, -0.2) is 0 Å². The number of rotatable bonds is 4. The summed E-state index contributed by atoms with van der Waals surface area (Å²) in [6.07, 6.45) is 0.545. The Hall–Kier alpha value is -0.690. The lowest BCUT2D eigenvalue weighted by Crippen LogP contribution is -2.17. The predicted octanol–water partition coefficient (Wildman–Crippen LogP) is -0.281. The van der Waals surface area contributed by atoms with E-state index in [0.717, 1.165) is 0 Å². The van der Waals surface area contributed by atoms with Gasteiger partial charge in [-0.1, -0.05) is 0 Å². The third-order valence-corrected chi connectivity index (χ3v) is 1.64. The standard InChI is InChI=1S/C5H9NO5/c7-5(8)4-1-3(4)2-11-6(9)10/h3-4,9-10H,1-2H2,(H,7,8)/t3-,4?/m1/s1. The fourth-order valence-corrected chi connectivity index (χ4v) is 0.897. The molecule has 0 aromatic heterocycles. The molecule has 1 aliphatic carbocycles. The summed E-state index contributed by atoms with van der Waals surface area (Å²) in [5.74, 6) is -1.33. The van der Waals surface area contributed by atoms with Crippen LogP contribution in [0, 0.1) is 11.8 Å². The summed E-state index contributed by atoms with van der Waals surface area (Å²) in [4.78, 5) is 14.4. The van der Waals surface area contributed by atoms with Gasteiger partial charge in [0.1, 0.15) is 0 Å². The normalized spacial score (nSPS) is 29.0. The van der Waals surface area contributed by atoms with E-state index < -0.39 is 11.4 Å². The summed E-state index contributed by atoms with van der Waals surface area (Å²) in [6.45, 7) is 0.0317. The largest absolute Gasteiger partial charge is 0.481 e. The molecule has 1 aliphatic rings. The summed E-state index contributed by atoms with van der Waals surface area (Å²) >= 11 is 0. The molecule has 2 atom stereocenters. The molecule has 64 valence electrons. The smallest absolute Gasteiger partial charge is 0.306 e. The van der Waals surface area contributed by atoms with Crippen LogP contribution in [0.5, 0.6) is 0 Å². The third kappa shape index (κ3) is 2.43. The molecule has 0 aromatic carbocycles. The first-order chi connectivity index (χ1) is 5.11. The zero-order valence-electron chi connectivity index (χ0n) is 5.67. The van der Waals surface area contributed by atoms with Gasteiger partial charge in [-0.05, 0) is 12.3 Å². The molecular weight excluding hydrogens is 154 g/mol. The van der Waals surface area contributed by atoms with Crippen molar-refractivity contribution in [1.82, 2.24) is 5.39 Å². The lowest BCUT2D eigenvalue weighted by molar-refractivity contribution is -0.493. The second-order valence-electron chi connectivity index (χ2n) is 2.49. The van der Waals surface area contributed by atoms with Gasteiger partial charge >= 0.3 is 5.97 Å². The van der Waals surface area contributed by atoms with Crippen LogP contribution in [-0.4, -0.2) is 33.5 Å². The van der Waals surface area contributed by atoms with Crippen LogP contribution < -0.4 is 0 Å². The molecular formula is C5H9NO5. The first-order valence-electron chi connectivity index (χ1n) is 3.15. The van der Waals surface area contributed by atoms with Crippen LogP contribution in [0.4, 0.5) is 0 Å². The Balaban J connectivity index is 2.09.